The van der Waals surface area contributed by atoms with Gasteiger partial charge in [-0.3, -0.25) is 0 Å². The van der Waals surface area contributed by atoms with Crippen molar-refractivity contribution < 1.29 is 0 Å². The van der Waals surface area contributed by atoms with Gasteiger partial charge in [-0.1, -0.05) is 127 Å². The lowest BCUT2D eigenvalue weighted by molar-refractivity contribution is 0.828. The van der Waals surface area contributed by atoms with Crippen molar-refractivity contribution in [2.45, 2.75) is 47.0 Å². The molecule has 276 valence electrons. The predicted octanol–water partition coefficient (Wildman–Crippen LogP) is 13.8. The lowest BCUT2D eigenvalue weighted by Crippen LogP contribution is -1.91. The summed E-state index contributed by atoms with van der Waals surface area (Å²) in [6.45, 7) is 8.57. The second-order valence-electron chi connectivity index (χ2n) is 15.1. The van der Waals surface area contributed by atoms with E-state index in [-0.39, 0.29) is 0 Å². The lowest BCUT2D eigenvalue weighted by atomic mass is 10.0. The first kappa shape index (κ1) is 35.7. The fourth-order valence-corrected chi connectivity index (χ4v) is 7.73. The Hall–Kier alpha value is -6.96. The zero-order valence-electron chi connectivity index (χ0n) is 32.9. The fraction of sp³-hybridized carbons (Fsp3) is 0.132. The quantitative estimate of drug-likeness (QED) is 0.132. The van der Waals surface area contributed by atoms with Gasteiger partial charge < -0.3 is 9.97 Å². The van der Waals surface area contributed by atoms with Crippen LogP contribution in [0.15, 0.2) is 121 Å². The van der Waals surface area contributed by atoms with E-state index < -0.39 is 0 Å². The minimum atomic E-state index is 0.881. The second kappa shape index (κ2) is 15.3. The van der Waals surface area contributed by atoms with E-state index in [1.807, 2.05) is 0 Å². The number of nitrogens with one attached hydrogen (secondary N) is 2. The molecule has 0 radical (unpaired) electrons. The standard InChI is InChI=1S/C53H44N4/c1-5-6-7-8-9-37-16-24-41(25-17-37)53-48-32-30-46(56-48)51(39-20-12-35(3)13-21-39)44-28-26-42(54-44)50(38-18-10-34(2)11-19-38)43-27-29-45(55-43)52(47-31-33-49(53)57-47)40-22-14-36(4)15-23-40/h10-33,56-57H,5-7H2,1-4H3. The Morgan fingerprint density at radius 2 is 0.772 bits per heavy atom. The number of hydrogen-bond donors (Lipinski definition) is 2. The maximum absolute atomic E-state index is 5.42. The average Bonchev–Trinajstić information content (AvgIpc) is 4.07. The lowest BCUT2D eigenvalue weighted by Gasteiger charge is -2.08. The van der Waals surface area contributed by atoms with Gasteiger partial charge >= 0.3 is 0 Å². The first-order valence-electron chi connectivity index (χ1n) is 19.9. The van der Waals surface area contributed by atoms with Crippen LogP contribution < -0.4 is 0 Å². The molecule has 0 spiro atoms. The number of unbranched alkanes of at least 4 members (excludes halogenated alkanes) is 2. The number of benzene rings is 4. The fourth-order valence-electron chi connectivity index (χ4n) is 7.73. The summed E-state index contributed by atoms with van der Waals surface area (Å²) in [5.41, 5.74) is 20.7. The summed E-state index contributed by atoms with van der Waals surface area (Å²) in [6, 6.07) is 43.5. The molecule has 0 atom stereocenters. The van der Waals surface area contributed by atoms with E-state index in [9.17, 15) is 0 Å². The van der Waals surface area contributed by atoms with E-state index in [0.29, 0.717) is 0 Å². The third kappa shape index (κ3) is 7.17. The molecule has 0 saturated heterocycles. The topological polar surface area (TPSA) is 57.4 Å². The van der Waals surface area contributed by atoms with E-state index in [2.05, 4.69) is 195 Å². The number of aromatic nitrogens is 4. The number of aryl methyl sites for hydroxylation is 3. The van der Waals surface area contributed by atoms with Gasteiger partial charge in [0.15, 0.2) is 0 Å². The highest BCUT2D eigenvalue weighted by molar-refractivity contribution is 6.00. The summed E-state index contributed by atoms with van der Waals surface area (Å²) in [5, 5.41) is 0. The smallest absolute Gasteiger partial charge is 0.0738 e. The largest absolute Gasteiger partial charge is 0.354 e. The van der Waals surface area contributed by atoms with Gasteiger partial charge in [0.05, 0.1) is 22.8 Å². The van der Waals surface area contributed by atoms with Crippen LogP contribution in [0.5, 0.6) is 0 Å². The molecule has 0 aliphatic carbocycles. The Morgan fingerprint density at radius 1 is 0.421 bits per heavy atom. The van der Waals surface area contributed by atoms with Gasteiger partial charge in [0.2, 0.25) is 0 Å². The Kier molecular flexibility index (Phi) is 9.58. The van der Waals surface area contributed by atoms with Crippen molar-refractivity contribution in [3.63, 3.8) is 0 Å². The highest BCUT2D eigenvalue weighted by Crippen LogP contribution is 2.38. The van der Waals surface area contributed by atoms with E-state index >= 15 is 0 Å². The van der Waals surface area contributed by atoms with Crippen LogP contribution >= 0.6 is 0 Å². The molecule has 9 rings (SSSR count). The molecule has 2 N–H and O–H groups in total. The van der Waals surface area contributed by atoms with Crippen LogP contribution in [0.2, 0.25) is 0 Å². The first-order valence-corrected chi connectivity index (χ1v) is 19.9. The van der Waals surface area contributed by atoms with Gasteiger partial charge in [-0.25, -0.2) is 9.97 Å². The van der Waals surface area contributed by atoms with E-state index in [1.54, 1.807) is 0 Å². The molecule has 57 heavy (non-hydrogen) atoms. The Bertz CT molecular complexity index is 2780. The second-order valence-corrected chi connectivity index (χ2v) is 15.1. The average molecular weight is 737 g/mol. The number of aromatic amines is 2. The zero-order valence-corrected chi connectivity index (χ0v) is 32.9. The van der Waals surface area contributed by atoms with Crippen molar-refractivity contribution in [1.29, 1.82) is 0 Å². The molecule has 0 amide bonds. The van der Waals surface area contributed by atoms with Crippen molar-refractivity contribution in [2.75, 3.05) is 0 Å². The number of H-pyrrole nitrogens is 2. The number of hydrogen-bond acceptors (Lipinski definition) is 2. The van der Waals surface area contributed by atoms with Gasteiger partial charge in [-0.05, 0) is 110 Å². The monoisotopic (exact) mass is 736 g/mol. The first-order chi connectivity index (χ1) is 27.9. The Balaban J connectivity index is 1.40. The maximum Gasteiger partial charge on any atom is 0.0738 e. The van der Waals surface area contributed by atoms with Crippen molar-refractivity contribution in [3.8, 4) is 56.3 Å². The van der Waals surface area contributed by atoms with Crippen molar-refractivity contribution in [1.82, 2.24) is 19.9 Å². The van der Waals surface area contributed by atoms with Crippen LogP contribution in [-0.2, 0) is 0 Å². The van der Waals surface area contributed by atoms with E-state index in [0.717, 1.165) is 114 Å². The minimum Gasteiger partial charge on any atom is -0.354 e. The molecular formula is C53H44N4. The summed E-state index contributed by atoms with van der Waals surface area (Å²) < 4.78 is 0. The summed E-state index contributed by atoms with van der Waals surface area (Å²) in [4.78, 5) is 18.6. The van der Waals surface area contributed by atoms with Gasteiger partial charge in [0, 0.05) is 56.3 Å². The molecule has 4 heteroatoms. The molecule has 0 saturated carbocycles. The molecule has 8 bridgehead atoms. The van der Waals surface area contributed by atoms with Crippen LogP contribution in [0, 0.1) is 32.6 Å². The van der Waals surface area contributed by atoms with Crippen molar-refractivity contribution >= 4 is 46.4 Å². The van der Waals surface area contributed by atoms with Gasteiger partial charge in [-0.2, -0.15) is 0 Å². The van der Waals surface area contributed by atoms with Crippen LogP contribution in [0.1, 0.15) is 71.2 Å². The molecule has 0 fully saturated rings. The van der Waals surface area contributed by atoms with Gasteiger partial charge in [0.25, 0.3) is 0 Å². The highest BCUT2D eigenvalue weighted by Gasteiger charge is 2.19. The summed E-state index contributed by atoms with van der Waals surface area (Å²) >= 11 is 0. The van der Waals surface area contributed by atoms with Crippen LogP contribution in [-0.4, -0.2) is 19.9 Å². The molecule has 4 aromatic carbocycles. The molecule has 2 aliphatic rings. The summed E-state index contributed by atoms with van der Waals surface area (Å²) in [6.07, 6.45) is 11.7. The number of fused-ring (bicyclic) bond motifs is 8. The highest BCUT2D eigenvalue weighted by atomic mass is 14.8. The third-order valence-electron chi connectivity index (χ3n) is 10.8. The number of nitrogens with zero attached hydrogens (tertiary/aromatic N) is 2. The van der Waals surface area contributed by atoms with Crippen LogP contribution in [0.25, 0.3) is 90.9 Å². The van der Waals surface area contributed by atoms with Gasteiger partial charge in [-0.15, -0.1) is 0 Å². The molecule has 4 nitrogen and oxygen atoms in total. The summed E-state index contributed by atoms with van der Waals surface area (Å²) in [7, 11) is 0. The third-order valence-corrected chi connectivity index (χ3v) is 10.8. The minimum absolute atomic E-state index is 0.881. The Morgan fingerprint density at radius 3 is 1.19 bits per heavy atom. The number of rotatable bonds is 6. The van der Waals surface area contributed by atoms with Crippen molar-refractivity contribution in [2.24, 2.45) is 0 Å². The summed E-state index contributed by atoms with van der Waals surface area (Å²) in [5.74, 6) is 6.71. The molecular weight excluding hydrogens is 693 g/mol. The molecule has 3 aromatic heterocycles. The van der Waals surface area contributed by atoms with Crippen molar-refractivity contribution in [3.05, 3.63) is 166 Å². The Labute approximate surface area is 334 Å². The maximum atomic E-state index is 5.42. The SMILES string of the molecule is CCCCC#Cc1ccc(-c2c3ccc([nH]3)c(-c3ccc(C)cc3)c3nc(c(-c4ccc(C)cc4)c4nc(c(-c5ccc(C)cc5)c5ccc2[nH]5)C=C4)C=C3)cc1. The van der Waals surface area contributed by atoms with E-state index in [4.69, 9.17) is 9.97 Å². The normalized spacial score (nSPS) is 11.8. The molecule has 0 unspecified atom stereocenters. The van der Waals surface area contributed by atoms with Crippen LogP contribution in [0.3, 0.4) is 0 Å². The van der Waals surface area contributed by atoms with Crippen LogP contribution in [0.4, 0.5) is 0 Å². The zero-order chi connectivity index (χ0) is 38.9. The molecule has 5 heterocycles. The molecule has 2 aliphatic heterocycles. The van der Waals surface area contributed by atoms with Gasteiger partial charge in [0.1, 0.15) is 0 Å². The molecule has 7 aromatic rings. The predicted molar refractivity (Wildman–Crippen MR) is 241 cm³/mol. The van der Waals surface area contributed by atoms with E-state index in [1.165, 1.54) is 16.7 Å².